The average Bonchev–Trinajstić information content (AvgIpc) is 2.64. The molecular formula is C20H19ClF5NO2S. The van der Waals surface area contributed by atoms with Crippen molar-refractivity contribution in [1.82, 2.24) is 4.98 Å². The number of carbonyl (C=O) groups excluding carboxylic acids is 1. The fourth-order valence-corrected chi connectivity index (χ4v) is 3.77. The van der Waals surface area contributed by atoms with Crippen molar-refractivity contribution < 1.29 is 31.5 Å². The van der Waals surface area contributed by atoms with Crippen LogP contribution >= 0.6 is 24.2 Å². The van der Waals surface area contributed by atoms with Gasteiger partial charge in [0.1, 0.15) is 11.4 Å². The van der Waals surface area contributed by atoms with Crippen LogP contribution in [0.1, 0.15) is 64.0 Å². The summed E-state index contributed by atoms with van der Waals surface area (Å²) in [6, 6.07) is 5.97. The van der Waals surface area contributed by atoms with Gasteiger partial charge >= 0.3 is 12.1 Å². The highest BCUT2D eigenvalue weighted by Gasteiger charge is 2.42. The predicted molar refractivity (Wildman–Crippen MR) is 106 cm³/mol. The Hall–Kier alpha value is -1.87. The van der Waals surface area contributed by atoms with Gasteiger partial charge in [0.05, 0.1) is 17.9 Å². The van der Waals surface area contributed by atoms with Gasteiger partial charge in [-0.3, -0.25) is 0 Å². The molecule has 1 atom stereocenters. The molecule has 1 aromatic heterocycles. The Bertz CT molecular complexity index is 934. The Labute approximate surface area is 181 Å². The number of pyridine rings is 1. The molecule has 0 amide bonds. The van der Waals surface area contributed by atoms with Gasteiger partial charge < -0.3 is 4.74 Å². The van der Waals surface area contributed by atoms with Crippen LogP contribution in [-0.2, 0) is 17.3 Å². The maximum atomic E-state index is 13.9. The molecule has 2 rings (SSSR count). The zero-order valence-electron chi connectivity index (χ0n) is 16.2. The van der Waals surface area contributed by atoms with E-state index in [1.54, 1.807) is 13.8 Å². The lowest BCUT2D eigenvalue weighted by Gasteiger charge is -2.25. The number of hydrogen-bond donors (Lipinski definition) is 1. The fourth-order valence-electron chi connectivity index (χ4n) is 3.13. The standard InChI is InChI=1S/C20H19ClF5NO2S/c1-9(2)7-12-13(19(28)29-3)15(18(22)23)27-17(20(24,25)26)14(12)16(30)10-5-4-6-11(21)8-10/h4-6,8-9,16,18,30H,7H2,1-3H3. The van der Waals surface area contributed by atoms with E-state index >= 15 is 0 Å². The van der Waals surface area contributed by atoms with Crippen LogP contribution in [0.25, 0.3) is 0 Å². The van der Waals surface area contributed by atoms with Crippen molar-refractivity contribution in [3.63, 3.8) is 0 Å². The minimum Gasteiger partial charge on any atom is -0.465 e. The zero-order valence-corrected chi connectivity index (χ0v) is 17.9. The van der Waals surface area contributed by atoms with Crippen LogP contribution in [0.4, 0.5) is 22.0 Å². The molecule has 0 spiro atoms. The van der Waals surface area contributed by atoms with E-state index in [1.165, 1.54) is 24.3 Å². The minimum atomic E-state index is -5.06. The van der Waals surface area contributed by atoms with E-state index < -0.39 is 46.3 Å². The molecule has 1 unspecified atom stereocenters. The van der Waals surface area contributed by atoms with Crippen molar-refractivity contribution >= 4 is 30.2 Å². The topological polar surface area (TPSA) is 39.2 Å². The van der Waals surface area contributed by atoms with Gasteiger partial charge in [-0.1, -0.05) is 37.6 Å². The Kier molecular flexibility index (Phi) is 7.74. The molecule has 164 valence electrons. The summed E-state index contributed by atoms with van der Waals surface area (Å²) in [5.41, 5.74) is -3.82. The highest BCUT2D eigenvalue weighted by atomic mass is 35.5. The summed E-state index contributed by atoms with van der Waals surface area (Å²) in [6.45, 7) is 3.38. The number of carbonyl (C=O) groups is 1. The number of thiol groups is 1. The molecular weight excluding hydrogens is 449 g/mol. The van der Waals surface area contributed by atoms with Gasteiger partial charge in [-0.15, -0.1) is 0 Å². The quantitative estimate of drug-likeness (QED) is 0.292. The second-order valence-electron chi connectivity index (χ2n) is 6.96. The summed E-state index contributed by atoms with van der Waals surface area (Å²) >= 11 is 10.3. The van der Waals surface area contributed by atoms with Crippen LogP contribution in [0, 0.1) is 5.92 Å². The van der Waals surface area contributed by atoms with E-state index in [4.69, 9.17) is 11.6 Å². The molecule has 0 fully saturated rings. The summed E-state index contributed by atoms with van der Waals surface area (Å²) in [7, 11) is 0.962. The number of esters is 1. The van der Waals surface area contributed by atoms with Crippen LogP contribution in [0.15, 0.2) is 24.3 Å². The second kappa shape index (κ2) is 9.51. The van der Waals surface area contributed by atoms with Crippen molar-refractivity contribution in [1.29, 1.82) is 0 Å². The third-order valence-corrected chi connectivity index (χ3v) is 5.08. The van der Waals surface area contributed by atoms with E-state index in [-0.39, 0.29) is 22.9 Å². The molecule has 0 N–H and O–H groups in total. The molecule has 1 aromatic carbocycles. The number of methoxy groups -OCH3 is 1. The van der Waals surface area contributed by atoms with Crippen molar-refractivity contribution in [2.75, 3.05) is 7.11 Å². The van der Waals surface area contributed by atoms with Gasteiger partial charge in [-0.2, -0.15) is 25.8 Å². The van der Waals surface area contributed by atoms with E-state index in [0.29, 0.717) is 5.56 Å². The minimum absolute atomic E-state index is 0.0945. The third-order valence-electron chi connectivity index (χ3n) is 4.29. The monoisotopic (exact) mass is 467 g/mol. The SMILES string of the molecule is COC(=O)c1c(C(F)F)nc(C(F)(F)F)c(C(S)c2cccc(Cl)c2)c1CC(C)C. The van der Waals surface area contributed by atoms with Gasteiger partial charge in [-0.25, -0.2) is 18.6 Å². The Morgan fingerprint density at radius 3 is 2.37 bits per heavy atom. The first kappa shape index (κ1) is 24.4. The summed E-state index contributed by atoms with van der Waals surface area (Å²) in [4.78, 5) is 15.5. The highest BCUT2D eigenvalue weighted by molar-refractivity contribution is 7.80. The number of alkyl halides is 5. The number of hydrogen-bond acceptors (Lipinski definition) is 4. The molecule has 0 bridgehead atoms. The number of ether oxygens (including phenoxy) is 1. The second-order valence-corrected chi connectivity index (χ2v) is 7.91. The van der Waals surface area contributed by atoms with E-state index in [1.807, 2.05) is 0 Å². The van der Waals surface area contributed by atoms with Crippen LogP contribution in [-0.4, -0.2) is 18.1 Å². The Morgan fingerprint density at radius 1 is 1.27 bits per heavy atom. The molecule has 0 aliphatic rings. The Balaban J connectivity index is 2.99. The smallest absolute Gasteiger partial charge is 0.433 e. The predicted octanol–water partition coefficient (Wildman–Crippen LogP) is 6.70. The maximum absolute atomic E-state index is 13.9. The fraction of sp³-hybridized carbons (Fsp3) is 0.400. The van der Waals surface area contributed by atoms with Crippen LogP contribution in [0.3, 0.4) is 0 Å². The molecule has 0 saturated carbocycles. The average molecular weight is 468 g/mol. The molecule has 0 aliphatic heterocycles. The van der Waals surface area contributed by atoms with Crippen LogP contribution in [0.5, 0.6) is 0 Å². The summed E-state index contributed by atoms with van der Waals surface area (Å²) < 4.78 is 73.6. The molecule has 2 aromatic rings. The third kappa shape index (κ3) is 5.24. The number of aromatic nitrogens is 1. The first-order valence-corrected chi connectivity index (χ1v) is 9.71. The normalized spacial score (nSPS) is 13.1. The van der Waals surface area contributed by atoms with Crippen LogP contribution in [0.2, 0.25) is 5.02 Å². The van der Waals surface area contributed by atoms with Crippen LogP contribution < -0.4 is 0 Å². The summed E-state index contributed by atoms with van der Waals surface area (Å²) in [5.74, 6) is -1.45. The van der Waals surface area contributed by atoms with E-state index in [0.717, 1.165) is 7.11 Å². The first-order chi connectivity index (χ1) is 13.9. The molecule has 3 nitrogen and oxygen atoms in total. The van der Waals surface area contributed by atoms with Gasteiger partial charge in [0.2, 0.25) is 0 Å². The van der Waals surface area contributed by atoms with Crippen molar-refractivity contribution in [2.45, 2.75) is 38.1 Å². The summed E-state index contributed by atoms with van der Waals surface area (Å²) in [6.07, 6.45) is -8.56. The van der Waals surface area contributed by atoms with Gasteiger partial charge in [0, 0.05) is 10.6 Å². The molecule has 0 radical (unpaired) electrons. The number of rotatable bonds is 6. The van der Waals surface area contributed by atoms with Crippen molar-refractivity contribution in [3.8, 4) is 0 Å². The molecule has 1 heterocycles. The number of benzene rings is 1. The molecule has 10 heteroatoms. The van der Waals surface area contributed by atoms with Crippen molar-refractivity contribution in [2.24, 2.45) is 5.92 Å². The highest BCUT2D eigenvalue weighted by Crippen LogP contribution is 2.44. The molecule has 30 heavy (non-hydrogen) atoms. The molecule has 0 aliphatic carbocycles. The number of halogens is 6. The van der Waals surface area contributed by atoms with Gasteiger partial charge in [0.15, 0.2) is 0 Å². The lowest BCUT2D eigenvalue weighted by molar-refractivity contribution is -0.142. The van der Waals surface area contributed by atoms with Gasteiger partial charge in [-0.05, 0) is 35.6 Å². The van der Waals surface area contributed by atoms with E-state index in [9.17, 15) is 26.7 Å². The lowest BCUT2D eigenvalue weighted by atomic mass is 9.87. The lowest BCUT2D eigenvalue weighted by Crippen LogP contribution is -2.23. The largest absolute Gasteiger partial charge is 0.465 e. The number of nitrogens with zero attached hydrogens (tertiary/aromatic N) is 1. The maximum Gasteiger partial charge on any atom is 0.433 e. The first-order valence-electron chi connectivity index (χ1n) is 8.82. The van der Waals surface area contributed by atoms with Crippen molar-refractivity contribution in [3.05, 3.63) is 62.9 Å². The van der Waals surface area contributed by atoms with Gasteiger partial charge in [0.25, 0.3) is 6.43 Å². The summed E-state index contributed by atoms with van der Waals surface area (Å²) in [5, 5.41) is -0.965. The van der Waals surface area contributed by atoms with E-state index in [2.05, 4.69) is 22.3 Å². The molecule has 0 saturated heterocycles. The Morgan fingerprint density at radius 2 is 1.90 bits per heavy atom. The zero-order chi connectivity index (χ0) is 22.8.